The van der Waals surface area contributed by atoms with Gasteiger partial charge in [-0.15, -0.1) is 6.58 Å². The number of carbonyl (C=O) groups is 2. The summed E-state index contributed by atoms with van der Waals surface area (Å²) in [6.07, 6.45) is 5.77. The first-order chi connectivity index (χ1) is 8.04. The monoisotopic (exact) mass is 235 g/mol. The van der Waals surface area contributed by atoms with Crippen LogP contribution in [0, 0.1) is 23.7 Å². The molecule has 2 fully saturated rings. The number of hydrogen-bond acceptors (Lipinski definition) is 3. The highest BCUT2D eigenvalue weighted by molar-refractivity contribution is 5.84. The first kappa shape index (κ1) is 12.5. The minimum absolute atomic E-state index is 0.0681. The van der Waals surface area contributed by atoms with Crippen LogP contribution in [0.2, 0.25) is 0 Å². The number of Topliss-reactive ketones (excluding diaryl/α,β-unsaturated/α-hetero) is 1. The van der Waals surface area contributed by atoms with Gasteiger partial charge in [0.2, 0.25) is 0 Å². The Morgan fingerprint density at radius 2 is 2.18 bits per heavy atom. The molecule has 3 heteroatoms. The fraction of sp³-hybridized carbons (Fsp3) is 0.714. The van der Waals surface area contributed by atoms with Crippen molar-refractivity contribution >= 4 is 12.1 Å². The first-order valence-corrected chi connectivity index (χ1v) is 6.44. The van der Waals surface area contributed by atoms with E-state index in [0.717, 1.165) is 25.5 Å². The molecule has 17 heavy (non-hydrogen) atoms. The second-order valence-electron chi connectivity index (χ2n) is 5.65. The maximum absolute atomic E-state index is 12.2. The normalized spacial score (nSPS) is 46.1. The number of fused-ring (bicyclic) bond motifs is 1. The fourth-order valence-electron chi connectivity index (χ4n) is 3.69. The van der Waals surface area contributed by atoms with Crippen molar-refractivity contribution in [3.8, 4) is 0 Å². The lowest BCUT2D eigenvalue weighted by molar-refractivity contribution is -0.136. The minimum atomic E-state index is -0.423. The SMILES string of the molecule is C=C[C@H]1C(C=O)CC[C@]2(N)C1C(=O)CC[C@H]2C. The third kappa shape index (κ3) is 1.77. The molecule has 2 unspecified atom stereocenters. The Balaban J connectivity index is 2.38. The van der Waals surface area contributed by atoms with E-state index >= 15 is 0 Å². The average Bonchev–Trinajstić information content (AvgIpc) is 2.33. The van der Waals surface area contributed by atoms with Crippen LogP contribution in [0.3, 0.4) is 0 Å². The van der Waals surface area contributed by atoms with Crippen LogP contribution >= 0.6 is 0 Å². The molecule has 0 aromatic rings. The van der Waals surface area contributed by atoms with E-state index in [-0.39, 0.29) is 23.5 Å². The Morgan fingerprint density at radius 1 is 1.47 bits per heavy atom. The molecule has 2 aliphatic rings. The Morgan fingerprint density at radius 3 is 2.76 bits per heavy atom. The summed E-state index contributed by atoms with van der Waals surface area (Å²) in [4.78, 5) is 23.3. The number of aldehydes is 1. The lowest BCUT2D eigenvalue weighted by atomic mass is 9.54. The summed E-state index contributed by atoms with van der Waals surface area (Å²) in [6.45, 7) is 5.92. The average molecular weight is 235 g/mol. The molecule has 0 bridgehead atoms. The van der Waals surface area contributed by atoms with Crippen LogP contribution < -0.4 is 5.73 Å². The lowest BCUT2D eigenvalue weighted by Gasteiger charge is -2.52. The molecule has 94 valence electrons. The molecule has 2 N–H and O–H groups in total. The van der Waals surface area contributed by atoms with Crippen molar-refractivity contribution in [3.63, 3.8) is 0 Å². The molecular formula is C14H21NO2. The molecule has 0 radical (unpaired) electrons. The van der Waals surface area contributed by atoms with Gasteiger partial charge in [-0.05, 0) is 31.1 Å². The van der Waals surface area contributed by atoms with Crippen LogP contribution in [-0.4, -0.2) is 17.6 Å². The van der Waals surface area contributed by atoms with Crippen molar-refractivity contribution in [2.24, 2.45) is 29.4 Å². The van der Waals surface area contributed by atoms with Crippen molar-refractivity contribution in [3.05, 3.63) is 12.7 Å². The quantitative estimate of drug-likeness (QED) is 0.585. The minimum Gasteiger partial charge on any atom is -0.324 e. The summed E-state index contributed by atoms with van der Waals surface area (Å²) in [5.41, 5.74) is 6.07. The van der Waals surface area contributed by atoms with Gasteiger partial charge in [0.15, 0.2) is 0 Å². The van der Waals surface area contributed by atoms with Crippen LogP contribution in [0.1, 0.15) is 32.6 Å². The molecule has 0 aromatic heterocycles. The predicted molar refractivity (Wildman–Crippen MR) is 66.3 cm³/mol. The summed E-state index contributed by atoms with van der Waals surface area (Å²) in [7, 11) is 0. The lowest BCUT2D eigenvalue weighted by Crippen LogP contribution is -2.63. The summed E-state index contributed by atoms with van der Waals surface area (Å²) in [6, 6.07) is 0. The smallest absolute Gasteiger partial charge is 0.138 e. The van der Waals surface area contributed by atoms with Gasteiger partial charge in [-0.2, -0.15) is 0 Å². The largest absolute Gasteiger partial charge is 0.324 e. The van der Waals surface area contributed by atoms with Crippen molar-refractivity contribution < 1.29 is 9.59 Å². The third-order valence-corrected chi connectivity index (χ3v) is 4.90. The standard InChI is InChI=1S/C14H21NO2/c1-3-11-10(8-16)6-7-14(15)9(2)4-5-12(17)13(11)14/h3,8-11,13H,1,4-7,15H2,2H3/t9-,10?,11+,13?,14-/m1/s1. The highest BCUT2D eigenvalue weighted by atomic mass is 16.1. The molecular weight excluding hydrogens is 214 g/mol. The molecule has 2 saturated carbocycles. The third-order valence-electron chi connectivity index (χ3n) is 4.90. The van der Waals surface area contributed by atoms with Gasteiger partial charge in [0.25, 0.3) is 0 Å². The molecule has 2 rings (SSSR count). The van der Waals surface area contributed by atoms with E-state index in [1.54, 1.807) is 6.08 Å². The van der Waals surface area contributed by atoms with Gasteiger partial charge in [0, 0.05) is 23.8 Å². The molecule has 3 nitrogen and oxygen atoms in total. The number of carbonyl (C=O) groups excluding carboxylic acids is 2. The molecule has 0 saturated heterocycles. The maximum atomic E-state index is 12.2. The Kier molecular flexibility index (Phi) is 3.21. The van der Waals surface area contributed by atoms with Gasteiger partial charge in [0.05, 0.1) is 0 Å². The van der Waals surface area contributed by atoms with E-state index in [0.29, 0.717) is 12.3 Å². The van der Waals surface area contributed by atoms with Crippen molar-refractivity contribution in [2.75, 3.05) is 0 Å². The fourth-order valence-corrected chi connectivity index (χ4v) is 3.69. The second-order valence-corrected chi connectivity index (χ2v) is 5.65. The van der Waals surface area contributed by atoms with Crippen molar-refractivity contribution in [2.45, 2.75) is 38.1 Å². The summed E-state index contributed by atoms with van der Waals surface area (Å²) in [5.74, 6) is 0.222. The van der Waals surface area contributed by atoms with Crippen LogP contribution in [0.5, 0.6) is 0 Å². The van der Waals surface area contributed by atoms with Crippen LogP contribution in [0.4, 0.5) is 0 Å². The van der Waals surface area contributed by atoms with E-state index in [1.165, 1.54) is 0 Å². The number of ketones is 1. The number of nitrogens with two attached hydrogens (primary N) is 1. The highest BCUT2D eigenvalue weighted by Crippen LogP contribution is 2.48. The molecule has 0 heterocycles. The Bertz CT molecular complexity index is 352. The molecule has 0 aliphatic heterocycles. The molecule has 0 amide bonds. The maximum Gasteiger partial charge on any atom is 0.138 e. The topological polar surface area (TPSA) is 60.2 Å². The van der Waals surface area contributed by atoms with Crippen molar-refractivity contribution in [1.82, 2.24) is 0 Å². The first-order valence-electron chi connectivity index (χ1n) is 6.44. The zero-order valence-corrected chi connectivity index (χ0v) is 10.4. The van der Waals surface area contributed by atoms with E-state index in [2.05, 4.69) is 13.5 Å². The van der Waals surface area contributed by atoms with E-state index < -0.39 is 5.54 Å². The molecule has 2 aliphatic carbocycles. The van der Waals surface area contributed by atoms with Crippen LogP contribution in [0.15, 0.2) is 12.7 Å². The summed E-state index contributed by atoms with van der Waals surface area (Å²) < 4.78 is 0. The summed E-state index contributed by atoms with van der Waals surface area (Å²) in [5, 5.41) is 0. The molecule has 5 atom stereocenters. The van der Waals surface area contributed by atoms with Crippen molar-refractivity contribution in [1.29, 1.82) is 0 Å². The number of rotatable bonds is 2. The van der Waals surface area contributed by atoms with Gasteiger partial charge in [0.1, 0.15) is 12.1 Å². The number of hydrogen-bond donors (Lipinski definition) is 1. The highest BCUT2D eigenvalue weighted by Gasteiger charge is 2.53. The van der Waals surface area contributed by atoms with Crippen LogP contribution in [0.25, 0.3) is 0 Å². The van der Waals surface area contributed by atoms with Gasteiger partial charge < -0.3 is 10.5 Å². The summed E-state index contributed by atoms with van der Waals surface area (Å²) >= 11 is 0. The van der Waals surface area contributed by atoms with Crippen LogP contribution in [-0.2, 0) is 9.59 Å². The van der Waals surface area contributed by atoms with Gasteiger partial charge in [-0.1, -0.05) is 13.0 Å². The zero-order chi connectivity index (χ0) is 12.6. The number of allylic oxidation sites excluding steroid dienone is 1. The molecule has 0 aromatic carbocycles. The van der Waals surface area contributed by atoms with Gasteiger partial charge in [-0.25, -0.2) is 0 Å². The van der Waals surface area contributed by atoms with Gasteiger partial charge in [-0.3, -0.25) is 4.79 Å². The second kappa shape index (κ2) is 4.37. The van der Waals surface area contributed by atoms with Gasteiger partial charge >= 0.3 is 0 Å². The predicted octanol–water partition coefficient (Wildman–Crippen LogP) is 1.71. The zero-order valence-electron chi connectivity index (χ0n) is 10.4. The van der Waals surface area contributed by atoms with E-state index in [1.807, 2.05) is 0 Å². The Hall–Kier alpha value is -0.960. The van der Waals surface area contributed by atoms with E-state index in [9.17, 15) is 9.59 Å². The Labute approximate surface area is 102 Å². The molecule has 0 spiro atoms. The van der Waals surface area contributed by atoms with E-state index in [4.69, 9.17) is 5.73 Å².